The molecular formula is C28H25NO5. The van der Waals surface area contributed by atoms with Gasteiger partial charge >= 0.3 is 5.97 Å². The highest BCUT2D eigenvalue weighted by atomic mass is 16.5. The standard InChI is InChI=1S/C28H25NO5/c1-14-6-7-15(2)20(10-14)23(30)13-34-28(33)16-4-3-5-17(11-16)29-26(31)24-18-8-9-19(22-12-21(18)22)25(24)27(29)32/h3-11,18-19,21-22,24-25H,12-13H2,1-2H3/t18-,19-,21-,22+,24-,25+/m0/s1. The molecular weight excluding hydrogens is 430 g/mol. The van der Waals surface area contributed by atoms with Gasteiger partial charge in [-0.05, 0) is 73.8 Å². The van der Waals surface area contributed by atoms with E-state index >= 15 is 0 Å². The Morgan fingerprint density at radius 3 is 2.29 bits per heavy atom. The number of ether oxygens (including phenoxy) is 1. The van der Waals surface area contributed by atoms with Crippen LogP contribution in [0.5, 0.6) is 0 Å². The van der Waals surface area contributed by atoms with Crippen LogP contribution in [0.1, 0.15) is 38.3 Å². The number of Topliss-reactive ketones (excluding diaryl/α,β-unsaturated/α-hetero) is 1. The van der Waals surface area contributed by atoms with Crippen molar-refractivity contribution in [1.82, 2.24) is 0 Å². The minimum Gasteiger partial charge on any atom is -0.454 e. The van der Waals surface area contributed by atoms with E-state index in [9.17, 15) is 19.2 Å². The maximum absolute atomic E-state index is 13.3. The molecule has 1 saturated heterocycles. The predicted molar refractivity (Wildman–Crippen MR) is 124 cm³/mol. The summed E-state index contributed by atoms with van der Waals surface area (Å²) >= 11 is 0. The average Bonchev–Trinajstić information content (AvgIpc) is 3.62. The van der Waals surface area contributed by atoms with Gasteiger partial charge in [-0.2, -0.15) is 0 Å². The molecule has 0 N–H and O–H groups in total. The molecule has 1 aliphatic heterocycles. The van der Waals surface area contributed by atoms with Crippen LogP contribution in [0.2, 0.25) is 0 Å². The molecule has 34 heavy (non-hydrogen) atoms. The third-order valence-corrected chi connectivity index (χ3v) is 8.03. The molecule has 6 nitrogen and oxygen atoms in total. The Balaban J connectivity index is 1.19. The van der Waals surface area contributed by atoms with Crippen molar-refractivity contribution in [3.05, 3.63) is 76.9 Å². The highest BCUT2D eigenvalue weighted by Gasteiger charge is 2.67. The molecule has 0 unspecified atom stereocenters. The summed E-state index contributed by atoms with van der Waals surface area (Å²) in [6.45, 7) is 3.36. The van der Waals surface area contributed by atoms with Gasteiger partial charge in [-0.15, -0.1) is 0 Å². The number of anilines is 1. The number of rotatable bonds is 5. The Hall–Kier alpha value is -3.54. The normalized spacial score (nSPS) is 30.2. The average molecular weight is 456 g/mol. The summed E-state index contributed by atoms with van der Waals surface area (Å²) < 4.78 is 5.28. The van der Waals surface area contributed by atoms with Gasteiger partial charge in [0.2, 0.25) is 17.6 Å². The molecule has 7 rings (SSSR count). The summed E-state index contributed by atoms with van der Waals surface area (Å²) in [6.07, 6.45) is 5.38. The van der Waals surface area contributed by atoms with E-state index in [2.05, 4.69) is 12.2 Å². The fourth-order valence-corrected chi connectivity index (χ4v) is 6.31. The number of carbonyl (C=O) groups excluding carboxylic acids is 4. The molecule has 172 valence electrons. The third kappa shape index (κ3) is 3.08. The van der Waals surface area contributed by atoms with Crippen molar-refractivity contribution in [2.24, 2.45) is 35.5 Å². The number of imide groups is 1. The molecule has 6 atom stereocenters. The van der Waals surface area contributed by atoms with E-state index in [0.29, 0.717) is 23.1 Å². The fourth-order valence-electron chi connectivity index (χ4n) is 6.31. The molecule has 6 heteroatoms. The van der Waals surface area contributed by atoms with Gasteiger partial charge in [0.1, 0.15) is 0 Å². The molecule has 2 aromatic rings. The lowest BCUT2D eigenvalue weighted by atomic mass is 9.63. The zero-order valence-electron chi connectivity index (χ0n) is 19.1. The van der Waals surface area contributed by atoms with E-state index in [1.165, 1.54) is 11.0 Å². The predicted octanol–water partition coefficient (Wildman–Crippen LogP) is 3.90. The van der Waals surface area contributed by atoms with Crippen LogP contribution in [0.25, 0.3) is 0 Å². The van der Waals surface area contributed by atoms with Gasteiger partial charge in [-0.3, -0.25) is 14.4 Å². The molecule has 1 heterocycles. The van der Waals surface area contributed by atoms with Gasteiger partial charge in [-0.1, -0.05) is 35.9 Å². The van der Waals surface area contributed by atoms with Gasteiger partial charge < -0.3 is 4.74 Å². The van der Waals surface area contributed by atoms with Crippen molar-refractivity contribution >= 4 is 29.3 Å². The Morgan fingerprint density at radius 1 is 0.941 bits per heavy atom. The van der Waals surface area contributed by atoms with Crippen molar-refractivity contribution in [1.29, 1.82) is 0 Å². The van der Waals surface area contributed by atoms with Gasteiger partial charge in [-0.25, -0.2) is 9.69 Å². The summed E-state index contributed by atoms with van der Waals surface area (Å²) in [5.41, 5.74) is 2.88. The number of carbonyl (C=O) groups is 4. The lowest BCUT2D eigenvalue weighted by molar-refractivity contribution is -0.124. The van der Waals surface area contributed by atoms with Crippen LogP contribution in [-0.4, -0.2) is 30.2 Å². The van der Waals surface area contributed by atoms with E-state index in [1.54, 1.807) is 24.3 Å². The van der Waals surface area contributed by atoms with Crippen LogP contribution in [0.3, 0.4) is 0 Å². The SMILES string of the molecule is Cc1ccc(C)c(C(=O)COC(=O)c2cccc(N3C(=O)[C@@H]4[C@H]5C=C[C@@H]([C@@H]6C[C@H]56)[C@@H]4C3=O)c2)c1. The van der Waals surface area contributed by atoms with Gasteiger partial charge in [0.05, 0.1) is 23.1 Å². The first-order valence-electron chi connectivity index (χ1n) is 11.8. The van der Waals surface area contributed by atoms with Gasteiger partial charge in [0.25, 0.3) is 0 Å². The van der Waals surface area contributed by atoms with Crippen LogP contribution >= 0.6 is 0 Å². The molecule has 0 aromatic heterocycles. The number of hydrogen-bond acceptors (Lipinski definition) is 5. The second-order valence-electron chi connectivity index (χ2n) is 10.0. The van der Waals surface area contributed by atoms with E-state index < -0.39 is 5.97 Å². The molecule has 5 aliphatic rings. The van der Waals surface area contributed by atoms with Crippen LogP contribution in [0.15, 0.2) is 54.6 Å². The second kappa shape index (κ2) is 7.49. The maximum atomic E-state index is 13.3. The van der Waals surface area contributed by atoms with Crippen LogP contribution < -0.4 is 4.90 Å². The van der Waals surface area contributed by atoms with Crippen molar-refractivity contribution in [2.45, 2.75) is 20.3 Å². The van der Waals surface area contributed by atoms with E-state index in [4.69, 9.17) is 4.74 Å². The first kappa shape index (κ1) is 21.0. The number of ketones is 1. The lowest BCUT2D eigenvalue weighted by Crippen LogP contribution is -2.40. The summed E-state index contributed by atoms with van der Waals surface area (Å²) in [7, 11) is 0. The largest absolute Gasteiger partial charge is 0.454 e. The number of benzene rings is 2. The molecule has 2 saturated carbocycles. The summed E-state index contributed by atoms with van der Waals surface area (Å²) in [4.78, 5) is 53.2. The fraction of sp³-hybridized carbons (Fsp3) is 0.357. The molecule has 2 aromatic carbocycles. The highest BCUT2D eigenvalue weighted by Crippen LogP contribution is 2.65. The molecule has 0 radical (unpaired) electrons. The zero-order chi connectivity index (χ0) is 23.7. The number of amides is 2. The highest BCUT2D eigenvalue weighted by molar-refractivity contribution is 6.23. The number of allylic oxidation sites excluding steroid dienone is 2. The first-order chi connectivity index (χ1) is 16.3. The minimum atomic E-state index is -0.667. The molecule has 3 fully saturated rings. The summed E-state index contributed by atoms with van der Waals surface area (Å²) in [5.74, 6) is -0.523. The first-order valence-corrected chi connectivity index (χ1v) is 11.8. The zero-order valence-corrected chi connectivity index (χ0v) is 19.1. The van der Waals surface area contributed by atoms with Crippen LogP contribution in [-0.2, 0) is 14.3 Å². The van der Waals surface area contributed by atoms with Crippen molar-refractivity contribution in [2.75, 3.05) is 11.5 Å². The Kier molecular flexibility index (Phi) is 4.63. The molecule has 2 amide bonds. The maximum Gasteiger partial charge on any atom is 0.338 e. The third-order valence-electron chi connectivity index (χ3n) is 8.03. The Morgan fingerprint density at radius 2 is 1.62 bits per heavy atom. The quantitative estimate of drug-likeness (QED) is 0.296. The summed E-state index contributed by atoms with van der Waals surface area (Å²) in [6, 6.07) is 11.9. The monoisotopic (exact) mass is 455 g/mol. The van der Waals surface area contributed by atoms with Gasteiger partial charge in [0.15, 0.2) is 6.61 Å². The van der Waals surface area contributed by atoms with Crippen molar-refractivity contribution < 1.29 is 23.9 Å². The Labute approximate surface area is 197 Å². The Bertz CT molecular complexity index is 1260. The van der Waals surface area contributed by atoms with E-state index in [1.807, 2.05) is 26.0 Å². The van der Waals surface area contributed by atoms with E-state index in [-0.39, 0.29) is 53.4 Å². The molecule has 4 aliphatic carbocycles. The van der Waals surface area contributed by atoms with E-state index in [0.717, 1.165) is 17.5 Å². The topological polar surface area (TPSA) is 80.8 Å². The number of esters is 1. The number of nitrogens with zero attached hydrogens (tertiary/aromatic N) is 1. The van der Waals surface area contributed by atoms with Crippen LogP contribution in [0.4, 0.5) is 5.69 Å². The summed E-state index contributed by atoms with van der Waals surface area (Å²) in [5, 5.41) is 0. The van der Waals surface area contributed by atoms with Crippen molar-refractivity contribution in [3.63, 3.8) is 0 Å². The number of hydrogen-bond donors (Lipinski definition) is 0. The van der Waals surface area contributed by atoms with Crippen molar-refractivity contribution in [3.8, 4) is 0 Å². The number of aryl methyl sites for hydroxylation is 2. The smallest absolute Gasteiger partial charge is 0.338 e. The second-order valence-corrected chi connectivity index (χ2v) is 10.0. The lowest BCUT2D eigenvalue weighted by Gasteiger charge is -2.37. The molecule has 0 spiro atoms. The molecule has 2 bridgehead atoms. The minimum absolute atomic E-state index is 0.144. The van der Waals surface area contributed by atoms with Gasteiger partial charge in [0, 0.05) is 5.56 Å². The van der Waals surface area contributed by atoms with Crippen LogP contribution in [0, 0.1) is 49.4 Å².